The first-order valence-corrected chi connectivity index (χ1v) is 9.02. The van der Waals surface area contributed by atoms with Gasteiger partial charge in [-0.3, -0.25) is 4.79 Å². The van der Waals surface area contributed by atoms with Crippen LogP contribution in [-0.2, 0) is 11.2 Å². The Morgan fingerprint density at radius 3 is 2.64 bits per heavy atom. The number of aliphatic carboxylic acids is 1. The molecular formula is C20H17ClN2O5. The number of carboxylic acid groups (broad SMARTS) is 1. The predicted molar refractivity (Wildman–Crippen MR) is 102 cm³/mol. The monoisotopic (exact) mass is 400 g/mol. The number of nitrogens with zero attached hydrogens (tertiary/aromatic N) is 2. The highest BCUT2D eigenvalue weighted by Gasteiger charge is 2.22. The number of benzene rings is 2. The van der Waals surface area contributed by atoms with Crippen molar-refractivity contribution in [2.45, 2.75) is 18.8 Å². The molecule has 1 aromatic heterocycles. The molecule has 2 N–H and O–H groups in total. The minimum atomic E-state index is -0.913. The number of ether oxygens (including phenoxy) is 2. The summed E-state index contributed by atoms with van der Waals surface area (Å²) in [4.78, 5) is 11.4. The number of hydrogen-bond donors (Lipinski definition) is 2. The maximum Gasteiger partial charge on any atom is 0.303 e. The van der Waals surface area contributed by atoms with E-state index >= 15 is 0 Å². The van der Waals surface area contributed by atoms with Crippen LogP contribution in [0.4, 0.5) is 0 Å². The van der Waals surface area contributed by atoms with E-state index in [0.717, 1.165) is 5.56 Å². The molecule has 0 saturated heterocycles. The number of carboxylic acids is 1. The van der Waals surface area contributed by atoms with Crippen LogP contribution in [0.5, 0.6) is 17.4 Å². The van der Waals surface area contributed by atoms with E-state index in [0.29, 0.717) is 34.3 Å². The fraction of sp³-hybridized carbons (Fsp3) is 0.200. The molecule has 28 heavy (non-hydrogen) atoms. The molecule has 1 atom stereocenters. The molecule has 1 aliphatic heterocycles. The second-order valence-corrected chi connectivity index (χ2v) is 6.93. The topological polar surface area (TPSA) is 93.8 Å². The Labute approximate surface area is 165 Å². The van der Waals surface area contributed by atoms with Crippen molar-refractivity contribution >= 4 is 17.6 Å². The molecule has 0 saturated carbocycles. The molecule has 8 heteroatoms. The van der Waals surface area contributed by atoms with Crippen molar-refractivity contribution < 1.29 is 24.5 Å². The molecule has 0 spiro atoms. The Balaban J connectivity index is 1.61. The van der Waals surface area contributed by atoms with Crippen LogP contribution in [-0.4, -0.2) is 32.8 Å². The molecule has 0 bridgehead atoms. The average Bonchev–Trinajstić information content (AvgIpc) is 3.27. The third-order valence-electron chi connectivity index (χ3n) is 4.56. The first-order valence-electron chi connectivity index (χ1n) is 8.65. The molecule has 0 radical (unpaired) electrons. The number of fused-ring (bicyclic) bond motifs is 1. The van der Waals surface area contributed by atoms with Crippen LogP contribution >= 0.6 is 11.6 Å². The molecule has 0 fully saturated rings. The Morgan fingerprint density at radius 2 is 1.89 bits per heavy atom. The van der Waals surface area contributed by atoms with Crippen molar-refractivity contribution in [3.05, 3.63) is 64.8 Å². The van der Waals surface area contributed by atoms with Gasteiger partial charge >= 0.3 is 5.97 Å². The van der Waals surface area contributed by atoms with Gasteiger partial charge in [-0.05, 0) is 48.4 Å². The summed E-state index contributed by atoms with van der Waals surface area (Å²) < 4.78 is 12.1. The van der Waals surface area contributed by atoms with Gasteiger partial charge in [0, 0.05) is 17.0 Å². The second-order valence-electron chi connectivity index (χ2n) is 6.49. The van der Waals surface area contributed by atoms with Crippen molar-refractivity contribution in [3.8, 4) is 23.1 Å². The lowest BCUT2D eigenvalue weighted by Crippen LogP contribution is -2.10. The first-order chi connectivity index (χ1) is 13.5. The molecule has 7 nitrogen and oxygen atoms in total. The molecule has 0 aliphatic carbocycles. The van der Waals surface area contributed by atoms with Crippen molar-refractivity contribution in [1.29, 1.82) is 0 Å². The summed E-state index contributed by atoms with van der Waals surface area (Å²) >= 11 is 5.90. The van der Waals surface area contributed by atoms with Gasteiger partial charge in [0.05, 0.1) is 17.8 Å². The minimum Gasteiger partial charge on any atom is -0.493 e. The van der Waals surface area contributed by atoms with Crippen LogP contribution in [0.25, 0.3) is 5.69 Å². The largest absolute Gasteiger partial charge is 0.493 e. The van der Waals surface area contributed by atoms with Gasteiger partial charge in [-0.1, -0.05) is 17.7 Å². The lowest BCUT2D eigenvalue weighted by molar-refractivity contribution is -0.137. The normalized spacial score (nSPS) is 13.5. The highest BCUT2D eigenvalue weighted by atomic mass is 35.5. The summed E-state index contributed by atoms with van der Waals surface area (Å²) in [5, 5.41) is 24.6. The number of carbonyl (C=O) groups is 1. The van der Waals surface area contributed by atoms with E-state index in [-0.39, 0.29) is 25.0 Å². The van der Waals surface area contributed by atoms with Gasteiger partial charge in [0.2, 0.25) is 12.7 Å². The van der Waals surface area contributed by atoms with Crippen LogP contribution in [0.2, 0.25) is 5.02 Å². The molecule has 0 amide bonds. The highest BCUT2D eigenvalue weighted by Crippen LogP contribution is 2.36. The van der Waals surface area contributed by atoms with Crippen LogP contribution in [0, 0.1) is 0 Å². The van der Waals surface area contributed by atoms with Gasteiger partial charge in [-0.2, -0.15) is 5.10 Å². The highest BCUT2D eigenvalue weighted by molar-refractivity contribution is 6.30. The number of aromatic nitrogens is 2. The predicted octanol–water partition coefficient (Wildman–Crippen LogP) is 3.76. The van der Waals surface area contributed by atoms with E-state index < -0.39 is 5.97 Å². The number of halogens is 1. The lowest BCUT2D eigenvalue weighted by Gasteiger charge is -2.14. The van der Waals surface area contributed by atoms with Gasteiger partial charge < -0.3 is 19.7 Å². The molecule has 2 aromatic carbocycles. The number of aromatic hydroxyl groups is 1. The van der Waals surface area contributed by atoms with Crippen LogP contribution in [0.3, 0.4) is 0 Å². The quantitative estimate of drug-likeness (QED) is 0.654. The third kappa shape index (κ3) is 3.75. The summed E-state index contributed by atoms with van der Waals surface area (Å²) in [6, 6.07) is 13.8. The standard InChI is InChI=1S/C20H17ClN2O5/c21-14-2-4-16(5-3-14)23-19(24)10-15(22-23)7-13(9-20(25)26)12-1-6-17-18(8-12)28-11-27-17/h1-6,8,10,13,24H,7,9,11H2,(H,25,26). The maximum absolute atomic E-state index is 11.4. The van der Waals surface area contributed by atoms with Crippen LogP contribution in [0.15, 0.2) is 48.5 Å². The van der Waals surface area contributed by atoms with Crippen molar-refractivity contribution in [1.82, 2.24) is 9.78 Å². The second kappa shape index (κ2) is 7.44. The SMILES string of the molecule is O=C(O)CC(Cc1cc(O)n(-c2ccc(Cl)cc2)n1)c1ccc2c(c1)OCO2. The fourth-order valence-corrected chi connectivity index (χ4v) is 3.35. The third-order valence-corrected chi connectivity index (χ3v) is 4.81. The smallest absolute Gasteiger partial charge is 0.303 e. The fourth-order valence-electron chi connectivity index (χ4n) is 3.23. The molecule has 2 heterocycles. The number of hydrogen-bond acceptors (Lipinski definition) is 5. The Bertz CT molecular complexity index is 1020. The van der Waals surface area contributed by atoms with Crippen molar-refractivity contribution in [2.24, 2.45) is 0 Å². The lowest BCUT2D eigenvalue weighted by atomic mass is 9.91. The zero-order valence-electron chi connectivity index (χ0n) is 14.7. The van der Waals surface area contributed by atoms with Gasteiger partial charge in [0.15, 0.2) is 11.5 Å². The molecule has 144 valence electrons. The Morgan fingerprint density at radius 1 is 1.14 bits per heavy atom. The summed E-state index contributed by atoms with van der Waals surface area (Å²) in [6.45, 7) is 0.155. The van der Waals surface area contributed by atoms with Gasteiger partial charge in [0.1, 0.15) is 0 Å². The average molecular weight is 401 g/mol. The molecule has 1 unspecified atom stereocenters. The molecule has 1 aliphatic rings. The van der Waals surface area contributed by atoms with E-state index in [1.807, 2.05) is 6.07 Å². The molecular weight excluding hydrogens is 384 g/mol. The van der Waals surface area contributed by atoms with E-state index in [2.05, 4.69) is 5.10 Å². The van der Waals surface area contributed by atoms with E-state index in [9.17, 15) is 15.0 Å². The zero-order chi connectivity index (χ0) is 19.7. The minimum absolute atomic E-state index is 0.0305. The van der Waals surface area contributed by atoms with E-state index in [1.54, 1.807) is 36.4 Å². The first kappa shape index (κ1) is 18.2. The van der Waals surface area contributed by atoms with E-state index in [1.165, 1.54) is 10.7 Å². The summed E-state index contributed by atoms with van der Waals surface area (Å²) in [6.07, 6.45) is 0.272. The van der Waals surface area contributed by atoms with Crippen LogP contribution < -0.4 is 9.47 Å². The Hall–Kier alpha value is -3.19. The summed E-state index contributed by atoms with van der Waals surface area (Å²) in [5.41, 5.74) is 2.05. The summed E-state index contributed by atoms with van der Waals surface area (Å²) in [5.74, 6) is -0.0361. The maximum atomic E-state index is 11.4. The summed E-state index contributed by atoms with van der Waals surface area (Å²) in [7, 11) is 0. The van der Waals surface area contributed by atoms with Crippen molar-refractivity contribution in [3.63, 3.8) is 0 Å². The van der Waals surface area contributed by atoms with Gasteiger partial charge in [-0.15, -0.1) is 0 Å². The zero-order valence-corrected chi connectivity index (χ0v) is 15.5. The van der Waals surface area contributed by atoms with Crippen molar-refractivity contribution in [2.75, 3.05) is 6.79 Å². The van der Waals surface area contributed by atoms with Crippen LogP contribution in [0.1, 0.15) is 23.6 Å². The van der Waals surface area contributed by atoms with Gasteiger partial charge in [0.25, 0.3) is 0 Å². The molecule has 3 aromatic rings. The van der Waals surface area contributed by atoms with E-state index in [4.69, 9.17) is 21.1 Å². The number of rotatable bonds is 6. The Kier molecular flexibility index (Phi) is 4.83. The molecule has 4 rings (SSSR count). The van der Waals surface area contributed by atoms with Gasteiger partial charge in [-0.25, -0.2) is 4.68 Å².